The SMILES string of the molecule is COc1c(Cl)c(F)c(F)c(F)c1[N+](=O)[O-]. The predicted molar refractivity (Wildman–Crippen MR) is 44.5 cm³/mol. The average molecular weight is 242 g/mol. The monoisotopic (exact) mass is 241 g/mol. The molecular formula is C7H3ClF3NO3. The van der Waals surface area contributed by atoms with Crippen molar-refractivity contribution in [2.45, 2.75) is 0 Å². The van der Waals surface area contributed by atoms with E-state index in [4.69, 9.17) is 11.6 Å². The van der Waals surface area contributed by atoms with Gasteiger partial charge in [-0.1, -0.05) is 11.6 Å². The van der Waals surface area contributed by atoms with Crippen LogP contribution in [0.2, 0.25) is 5.02 Å². The summed E-state index contributed by atoms with van der Waals surface area (Å²) in [7, 11) is 0.922. The van der Waals surface area contributed by atoms with Gasteiger partial charge in [0.25, 0.3) is 0 Å². The number of methoxy groups -OCH3 is 1. The molecule has 1 aromatic carbocycles. The van der Waals surface area contributed by atoms with Crippen molar-refractivity contribution in [1.82, 2.24) is 0 Å². The number of nitro benzene ring substituents is 1. The molecule has 0 atom stereocenters. The van der Waals surface area contributed by atoms with Crippen molar-refractivity contribution in [3.8, 4) is 5.75 Å². The lowest BCUT2D eigenvalue weighted by atomic mass is 10.2. The summed E-state index contributed by atoms with van der Waals surface area (Å²) in [5.74, 6) is -6.53. The van der Waals surface area contributed by atoms with Gasteiger partial charge in [0, 0.05) is 0 Å². The summed E-state index contributed by atoms with van der Waals surface area (Å²) >= 11 is 5.21. The Kier molecular flexibility index (Phi) is 3.04. The van der Waals surface area contributed by atoms with Crippen molar-refractivity contribution in [2.75, 3.05) is 7.11 Å². The van der Waals surface area contributed by atoms with E-state index in [1.54, 1.807) is 0 Å². The Morgan fingerprint density at radius 2 is 1.80 bits per heavy atom. The molecule has 0 aliphatic rings. The van der Waals surface area contributed by atoms with Crippen LogP contribution in [0.4, 0.5) is 18.9 Å². The highest BCUT2D eigenvalue weighted by Crippen LogP contribution is 2.40. The topological polar surface area (TPSA) is 52.4 Å². The quantitative estimate of drug-likeness (QED) is 0.346. The molecular weight excluding hydrogens is 239 g/mol. The van der Waals surface area contributed by atoms with E-state index in [9.17, 15) is 23.3 Å². The van der Waals surface area contributed by atoms with Crippen LogP contribution in [0, 0.1) is 27.6 Å². The molecule has 4 nitrogen and oxygen atoms in total. The molecule has 0 heterocycles. The molecule has 1 aromatic rings. The van der Waals surface area contributed by atoms with Gasteiger partial charge in [0.2, 0.25) is 17.4 Å². The second-order valence-electron chi connectivity index (χ2n) is 2.39. The van der Waals surface area contributed by atoms with Crippen molar-refractivity contribution in [3.63, 3.8) is 0 Å². The standard InChI is InChI=1S/C7H3ClF3NO3/c1-15-7-2(8)3(9)4(10)5(11)6(7)12(13)14/h1H3. The first-order valence-corrected chi connectivity index (χ1v) is 3.84. The van der Waals surface area contributed by atoms with E-state index < -0.39 is 38.8 Å². The van der Waals surface area contributed by atoms with Crippen molar-refractivity contribution in [2.24, 2.45) is 0 Å². The zero-order valence-electron chi connectivity index (χ0n) is 7.18. The number of hydrogen-bond donors (Lipinski definition) is 0. The fraction of sp³-hybridized carbons (Fsp3) is 0.143. The maximum atomic E-state index is 12.9. The van der Waals surface area contributed by atoms with E-state index in [0.717, 1.165) is 7.11 Å². The molecule has 0 saturated carbocycles. The van der Waals surface area contributed by atoms with Crippen molar-refractivity contribution < 1.29 is 22.8 Å². The molecule has 0 aliphatic heterocycles. The number of halogens is 4. The molecule has 82 valence electrons. The van der Waals surface area contributed by atoms with E-state index in [-0.39, 0.29) is 0 Å². The predicted octanol–water partition coefficient (Wildman–Crippen LogP) is 2.67. The van der Waals surface area contributed by atoms with Gasteiger partial charge < -0.3 is 4.74 Å². The van der Waals surface area contributed by atoms with E-state index in [1.165, 1.54) is 0 Å². The summed E-state index contributed by atoms with van der Waals surface area (Å²) in [5.41, 5.74) is -1.33. The van der Waals surface area contributed by atoms with Gasteiger partial charge in [0.15, 0.2) is 5.82 Å². The van der Waals surface area contributed by atoms with Crippen LogP contribution in [-0.2, 0) is 0 Å². The molecule has 0 N–H and O–H groups in total. The Bertz CT molecular complexity index is 438. The number of ether oxygens (including phenoxy) is 1. The van der Waals surface area contributed by atoms with Gasteiger partial charge >= 0.3 is 5.69 Å². The molecule has 0 aliphatic carbocycles. The molecule has 8 heteroatoms. The molecule has 0 fully saturated rings. The molecule has 0 spiro atoms. The lowest BCUT2D eigenvalue weighted by Gasteiger charge is -2.06. The van der Waals surface area contributed by atoms with Gasteiger partial charge in [-0.3, -0.25) is 10.1 Å². The van der Waals surface area contributed by atoms with Crippen molar-refractivity contribution in [1.29, 1.82) is 0 Å². The molecule has 0 aromatic heterocycles. The molecule has 0 radical (unpaired) electrons. The molecule has 0 saturated heterocycles. The second-order valence-corrected chi connectivity index (χ2v) is 2.77. The van der Waals surface area contributed by atoms with E-state index in [2.05, 4.69) is 4.74 Å². The zero-order valence-corrected chi connectivity index (χ0v) is 7.94. The fourth-order valence-corrected chi connectivity index (χ4v) is 1.20. The molecule has 15 heavy (non-hydrogen) atoms. The maximum absolute atomic E-state index is 12.9. The smallest absolute Gasteiger partial charge is 0.351 e. The van der Waals surface area contributed by atoms with Gasteiger partial charge in [-0.25, -0.2) is 8.78 Å². The first-order chi connectivity index (χ1) is 6.91. The third-order valence-electron chi connectivity index (χ3n) is 1.59. The maximum Gasteiger partial charge on any atom is 0.351 e. The zero-order chi connectivity index (χ0) is 11.7. The van der Waals surface area contributed by atoms with Crippen molar-refractivity contribution >= 4 is 17.3 Å². The summed E-state index contributed by atoms with van der Waals surface area (Å²) in [5, 5.41) is 9.39. The lowest BCUT2D eigenvalue weighted by Crippen LogP contribution is -2.03. The Morgan fingerprint density at radius 3 is 2.20 bits per heavy atom. The van der Waals surface area contributed by atoms with Crippen LogP contribution in [0.3, 0.4) is 0 Å². The fourth-order valence-electron chi connectivity index (χ4n) is 0.949. The highest BCUT2D eigenvalue weighted by atomic mass is 35.5. The third kappa shape index (κ3) is 1.70. The largest absolute Gasteiger partial charge is 0.489 e. The Morgan fingerprint density at radius 1 is 1.27 bits per heavy atom. The Hall–Kier alpha value is -1.50. The van der Waals surface area contributed by atoms with Gasteiger partial charge in [0.1, 0.15) is 5.02 Å². The van der Waals surface area contributed by atoms with Crippen LogP contribution >= 0.6 is 11.6 Å². The first kappa shape index (κ1) is 11.6. The molecule has 0 unspecified atom stereocenters. The van der Waals surface area contributed by atoms with Crippen LogP contribution in [0.1, 0.15) is 0 Å². The molecule has 0 amide bonds. The number of hydrogen-bond acceptors (Lipinski definition) is 3. The molecule has 1 rings (SSSR count). The van der Waals surface area contributed by atoms with Crippen LogP contribution in [-0.4, -0.2) is 12.0 Å². The highest BCUT2D eigenvalue weighted by molar-refractivity contribution is 6.32. The summed E-state index contributed by atoms with van der Waals surface area (Å²) in [6, 6.07) is 0. The summed E-state index contributed by atoms with van der Waals surface area (Å²) < 4.78 is 42.8. The van der Waals surface area contributed by atoms with E-state index in [1.807, 2.05) is 0 Å². The average Bonchev–Trinajstić information content (AvgIpc) is 2.19. The highest BCUT2D eigenvalue weighted by Gasteiger charge is 2.32. The van der Waals surface area contributed by atoms with Gasteiger partial charge in [0.05, 0.1) is 12.0 Å². The van der Waals surface area contributed by atoms with Crippen LogP contribution in [0.15, 0.2) is 0 Å². The molecule has 0 bridgehead atoms. The number of benzene rings is 1. The number of nitro groups is 1. The van der Waals surface area contributed by atoms with Crippen LogP contribution in [0.25, 0.3) is 0 Å². The van der Waals surface area contributed by atoms with Gasteiger partial charge in [-0.2, -0.15) is 4.39 Å². The van der Waals surface area contributed by atoms with E-state index >= 15 is 0 Å². The van der Waals surface area contributed by atoms with Crippen molar-refractivity contribution in [3.05, 3.63) is 32.6 Å². The van der Waals surface area contributed by atoms with Crippen LogP contribution < -0.4 is 4.74 Å². The Balaban J connectivity index is 3.70. The summed E-state index contributed by atoms with van der Waals surface area (Å²) in [6.45, 7) is 0. The minimum absolute atomic E-state index is 0.849. The number of rotatable bonds is 2. The summed E-state index contributed by atoms with van der Waals surface area (Å²) in [6.07, 6.45) is 0. The second kappa shape index (κ2) is 3.93. The minimum Gasteiger partial charge on any atom is -0.489 e. The first-order valence-electron chi connectivity index (χ1n) is 3.46. The lowest BCUT2D eigenvalue weighted by molar-refractivity contribution is -0.388. The normalized spacial score (nSPS) is 10.2. The number of nitrogens with zero attached hydrogens (tertiary/aromatic N) is 1. The van der Waals surface area contributed by atoms with Gasteiger partial charge in [-0.15, -0.1) is 0 Å². The summed E-state index contributed by atoms with van der Waals surface area (Å²) in [4.78, 5) is 9.11. The third-order valence-corrected chi connectivity index (χ3v) is 1.92. The Labute approximate surface area is 86.4 Å². The minimum atomic E-state index is -2.01. The van der Waals surface area contributed by atoms with Gasteiger partial charge in [-0.05, 0) is 0 Å². The van der Waals surface area contributed by atoms with E-state index in [0.29, 0.717) is 0 Å². The van der Waals surface area contributed by atoms with Crippen LogP contribution in [0.5, 0.6) is 5.75 Å².